The maximum atomic E-state index is 13.2. The second-order valence-corrected chi connectivity index (χ2v) is 2.64. The van der Waals surface area contributed by atoms with Crippen LogP contribution in [0.15, 0.2) is 41.0 Å². The van der Waals surface area contributed by atoms with Crippen molar-refractivity contribution in [1.29, 1.82) is 0 Å². The quantitative estimate of drug-likeness (QED) is 0.728. The molecule has 3 heteroatoms. The first-order valence-corrected chi connectivity index (χ1v) is 3.80. The van der Waals surface area contributed by atoms with Gasteiger partial charge in [-0.25, -0.2) is 4.39 Å². The van der Waals surface area contributed by atoms with Crippen LogP contribution in [-0.4, -0.2) is 5.11 Å². The summed E-state index contributed by atoms with van der Waals surface area (Å²) in [5.74, 6) is 0.0222. The number of aromatic hydroxyl groups is 1. The first-order valence-electron chi connectivity index (χ1n) is 3.80. The van der Waals surface area contributed by atoms with Crippen LogP contribution in [0.1, 0.15) is 0 Å². The molecule has 1 aromatic heterocycles. The predicted molar refractivity (Wildman–Crippen MR) is 45.8 cm³/mol. The molecule has 0 unspecified atom stereocenters. The van der Waals surface area contributed by atoms with Crippen molar-refractivity contribution in [1.82, 2.24) is 0 Å². The summed E-state index contributed by atoms with van der Waals surface area (Å²) in [5.41, 5.74) is 0.269. The third-order valence-corrected chi connectivity index (χ3v) is 1.74. The molecule has 2 nitrogen and oxygen atoms in total. The van der Waals surface area contributed by atoms with Gasteiger partial charge < -0.3 is 9.52 Å². The molecule has 0 aliphatic carbocycles. The van der Waals surface area contributed by atoms with E-state index in [0.29, 0.717) is 5.76 Å². The number of rotatable bonds is 1. The highest BCUT2D eigenvalue weighted by molar-refractivity contribution is 5.60. The molecule has 0 bridgehead atoms. The van der Waals surface area contributed by atoms with Crippen LogP contribution >= 0.6 is 0 Å². The van der Waals surface area contributed by atoms with Gasteiger partial charge in [0.15, 0.2) is 0 Å². The maximum absolute atomic E-state index is 13.2. The first-order chi connectivity index (χ1) is 6.27. The third kappa shape index (κ3) is 1.40. The van der Waals surface area contributed by atoms with Crippen molar-refractivity contribution in [3.63, 3.8) is 0 Å². The van der Waals surface area contributed by atoms with Crippen molar-refractivity contribution in [3.05, 3.63) is 42.4 Å². The number of halogens is 1. The molecule has 0 spiro atoms. The van der Waals surface area contributed by atoms with Gasteiger partial charge in [-0.15, -0.1) is 0 Å². The molecule has 0 amide bonds. The number of furan rings is 1. The molecule has 0 aliphatic heterocycles. The van der Waals surface area contributed by atoms with Gasteiger partial charge in [0.1, 0.15) is 17.3 Å². The zero-order valence-corrected chi connectivity index (χ0v) is 6.70. The average molecular weight is 178 g/mol. The molecule has 2 aromatic rings. The van der Waals surface area contributed by atoms with Gasteiger partial charge in [0.2, 0.25) is 0 Å². The lowest BCUT2D eigenvalue weighted by atomic mass is 10.1. The number of phenolic OH excluding ortho intramolecular Hbond substituents is 1. The SMILES string of the molecule is Oc1ccc(F)c(-c2ccco2)c1. The smallest absolute Gasteiger partial charge is 0.136 e. The molecule has 2 rings (SSSR count). The second-order valence-electron chi connectivity index (χ2n) is 2.64. The largest absolute Gasteiger partial charge is 0.508 e. The Labute approximate surface area is 74.2 Å². The lowest BCUT2D eigenvalue weighted by Gasteiger charge is -1.99. The fourth-order valence-corrected chi connectivity index (χ4v) is 1.13. The molecule has 0 saturated carbocycles. The topological polar surface area (TPSA) is 33.4 Å². The van der Waals surface area contributed by atoms with Gasteiger partial charge in [0, 0.05) is 0 Å². The first kappa shape index (κ1) is 7.86. The number of hydrogen-bond acceptors (Lipinski definition) is 2. The summed E-state index contributed by atoms with van der Waals surface area (Å²) in [6.07, 6.45) is 1.46. The van der Waals surface area contributed by atoms with Crippen molar-refractivity contribution < 1.29 is 13.9 Å². The summed E-state index contributed by atoms with van der Waals surface area (Å²) in [6.45, 7) is 0. The highest BCUT2D eigenvalue weighted by Crippen LogP contribution is 2.26. The molecule has 0 saturated heterocycles. The minimum Gasteiger partial charge on any atom is -0.508 e. The van der Waals surface area contributed by atoms with E-state index in [1.165, 1.54) is 24.5 Å². The van der Waals surface area contributed by atoms with E-state index in [9.17, 15) is 4.39 Å². The van der Waals surface area contributed by atoms with Crippen LogP contribution in [0.4, 0.5) is 4.39 Å². The van der Waals surface area contributed by atoms with E-state index in [-0.39, 0.29) is 11.3 Å². The van der Waals surface area contributed by atoms with Crippen LogP contribution in [0.5, 0.6) is 5.75 Å². The fourth-order valence-electron chi connectivity index (χ4n) is 1.13. The van der Waals surface area contributed by atoms with Gasteiger partial charge >= 0.3 is 0 Å². The normalized spacial score (nSPS) is 10.2. The molecule has 0 aliphatic rings. The summed E-state index contributed by atoms with van der Waals surface area (Å²) in [6, 6.07) is 7.12. The molecule has 0 fully saturated rings. The van der Waals surface area contributed by atoms with E-state index in [2.05, 4.69) is 0 Å². The van der Waals surface area contributed by atoms with Crippen molar-refractivity contribution >= 4 is 0 Å². The van der Waals surface area contributed by atoms with Crippen LogP contribution in [0.2, 0.25) is 0 Å². The third-order valence-electron chi connectivity index (χ3n) is 1.74. The zero-order chi connectivity index (χ0) is 9.26. The molecule has 1 aromatic carbocycles. The van der Waals surface area contributed by atoms with Crippen LogP contribution in [0.25, 0.3) is 11.3 Å². The Kier molecular flexibility index (Phi) is 1.77. The fraction of sp³-hybridized carbons (Fsp3) is 0. The maximum Gasteiger partial charge on any atom is 0.136 e. The van der Waals surface area contributed by atoms with Gasteiger partial charge in [0.05, 0.1) is 11.8 Å². The number of phenols is 1. The summed E-state index contributed by atoms with van der Waals surface area (Å²) < 4.78 is 18.2. The van der Waals surface area contributed by atoms with Crippen LogP contribution in [0, 0.1) is 5.82 Å². The molecule has 1 N–H and O–H groups in total. The molecule has 0 atom stereocenters. The molecule has 1 heterocycles. The molecular weight excluding hydrogens is 171 g/mol. The average Bonchev–Trinajstić information content (AvgIpc) is 2.61. The van der Waals surface area contributed by atoms with E-state index in [1.54, 1.807) is 12.1 Å². The summed E-state index contributed by atoms with van der Waals surface area (Å²) in [4.78, 5) is 0. The lowest BCUT2D eigenvalue weighted by Crippen LogP contribution is -1.80. The van der Waals surface area contributed by atoms with E-state index >= 15 is 0 Å². The molecule has 13 heavy (non-hydrogen) atoms. The van der Waals surface area contributed by atoms with Gasteiger partial charge in [-0.05, 0) is 30.3 Å². The summed E-state index contributed by atoms with van der Waals surface area (Å²) >= 11 is 0. The summed E-state index contributed by atoms with van der Waals surface area (Å²) in [5, 5.41) is 9.13. The Balaban J connectivity index is 2.57. The Hall–Kier alpha value is -1.77. The Morgan fingerprint density at radius 2 is 2.08 bits per heavy atom. The van der Waals surface area contributed by atoms with E-state index in [0.717, 1.165) is 0 Å². The van der Waals surface area contributed by atoms with Gasteiger partial charge in [-0.1, -0.05) is 0 Å². The lowest BCUT2D eigenvalue weighted by molar-refractivity contribution is 0.472. The molecule has 0 radical (unpaired) electrons. The van der Waals surface area contributed by atoms with Crippen LogP contribution in [0.3, 0.4) is 0 Å². The minimum absolute atomic E-state index is 0.0211. The van der Waals surface area contributed by atoms with Gasteiger partial charge in [-0.2, -0.15) is 0 Å². The second kappa shape index (κ2) is 2.94. The van der Waals surface area contributed by atoms with Crippen LogP contribution in [-0.2, 0) is 0 Å². The van der Waals surface area contributed by atoms with Crippen molar-refractivity contribution in [2.75, 3.05) is 0 Å². The monoisotopic (exact) mass is 178 g/mol. The minimum atomic E-state index is -0.409. The Morgan fingerprint density at radius 3 is 2.77 bits per heavy atom. The zero-order valence-electron chi connectivity index (χ0n) is 6.70. The number of hydrogen-bond donors (Lipinski definition) is 1. The standard InChI is InChI=1S/C10H7FO2/c11-9-4-3-7(12)6-8(9)10-2-1-5-13-10/h1-6,12H. The number of benzene rings is 1. The Morgan fingerprint density at radius 1 is 1.23 bits per heavy atom. The van der Waals surface area contributed by atoms with Gasteiger partial charge in [-0.3, -0.25) is 0 Å². The van der Waals surface area contributed by atoms with E-state index in [1.807, 2.05) is 0 Å². The molecular formula is C10H7FO2. The van der Waals surface area contributed by atoms with Crippen molar-refractivity contribution in [2.24, 2.45) is 0 Å². The Bertz CT molecular complexity index is 407. The highest BCUT2D eigenvalue weighted by Gasteiger charge is 2.07. The summed E-state index contributed by atoms with van der Waals surface area (Å²) in [7, 11) is 0. The van der Waals surface area contributed by atoms with E-state index < -0.39 is 5.82 Å². The van der Waals surface area contributed by atoms with E-state index in [4.69, 9.17) is 9.52 Å². The predicted octanol–water partition coefficient (Wildman–Crippen LogP) is 2.79. The van der Waals surface area contributed by atoms with Gasteiger partial charge in [0.25, 0.3) is 0 Å². The van der Waals surface area contributed by atoms with Crippen molar-refractivity contribution in [3.8, 4) is 17.1 Å². The highest BCUT2D eigenvalue weighted by atomic mass is 19.1. The van der Waals surface area contributed by atoms with Crippen LogP contribution < -0.4 is 0 Å². The van der Waals surface area contributed by atoms with Crippen molar-refractivity contribution in [2.45, 2.75) is 0 Å². The molecule has 66 valence electrons.